The van der Waals surface area contributed by atoms with Crippen LogP contribution < -0.4 is 5.32 Å². The second-order valence-corrected chi connectivity index (χ2v) is 7.30. The Labute approximate surface area is 165 Å². The van der Waals surface area contributed by atoms with E-state index < -0.39 is 24.0 Å². The van der Waals surface area contributed by atoms with Gasteiger partial charge in [-0.1, -0.05) is 67.8 Å². The Hall–Kier alpha value is -2.66. The summed E-state index contributed by atoms with van der Waals surface area (Å²) < 4.78 is 5.43. The Kier molecular flexibility index (Phi) is 7.20. The third-order valence-corrected chi connectivity index (χ3v) is 5.27. The number of benzene rings is 2. The summed E-state index contributed by atoms with van der Waals surface area (Å²) in [4.78, 5) is 25.4. The average Bonchev–Trinajstić information content (AvgIpc) is 2.77. The smallest absolute Gasteiger partial charge is 0.331 e. The van der Waals surface area contributed by atoms with Crippen LogP contribution in [0.25, 0.3) is 0 Å². The lowest BCUT2D eigenvalue weighted by Gasteiger charge is -2.31. The Morgan fingerprint density at radius 2 is 1.57 bits per heavy atom. The highest BCUT2D eigenvalue weighted by Crippen LogP contribution is 2.28. The van der Waals surface area contributed by atoms with E-state index in [2.05, 4.69) is 5.32 Å². The van der Waals surface area contributed by atoms with Crippen LogP contribution in [0.15, 0.2) is 60.7 Å². The van der Waals surface area contributed by atoms with Crippen molar-refractivity contribution in [2.75, 3.05) is 0 Å². The number of nitrogens with one attached hydrogen (secondary N) is 1. The molecule has 0 spiro atoms. The summed E-state index contributed by atoms with van der Waals surface area (Å²) in [5.74, 6) is -1.01. The molecule has 1 amide bonds. The van der Waals surface area contributed by atoms with Crippen LogP contribution in [0.5, 0.6) is 0 Å². The number of carbonyl (C=O) groups excluding carboxylic acids is 2. The van der Waals surface area contributed by atoms with Crippen molar-refractivity contribution in [3.8, 4) is 0 Å². The molecule has 0 aromatic heterocycles. The van der Waals surface area contributed by atoms with Crippen LogP contribution in [0.3, 0.4) is 0 Å². The van der Waals surface area contributed by atoms with E-state index in [0.717, 1.165) is 37.7 Å². The van der Waals surface area contributed by atoms with Crippen molar-refractivity contribution < 1.29 is 19.4 Å². The summed E-state index contributed by atoms with van der Waals surface area (Å²) in [5, 5.41) is 13.6. The third-order valence-electron chi connectivity index (χ3n) is 5.27. The van der Waals surface area contributed by atoms with Gasteiger partial charge < -0.3 is 15.2 Å². The molecule has 148 valence electrons. The van der Waals surface area contributed by atoms with Gasteiger partial charge in [0.15, 0.2) is 6.04 Å². The van der Waals surface area contributed by atoms with Gasteiger partial charge >= 0.3 is 5.97 Å². The number of aliphatic hydroxyl groups excluding tert-OH is 1. The molecule has 0 radical (unpaired) electrons. The van der Waals surface area contributed by atoms with E-state index >= 15 is 0 Å². The lowest BCUT2D eigenvalue weighted by atomic mass is 9.82. The Morgan fingerprint density at radius 3 is 2.21 bits per heavy atom. The molecule has 3 rings (SSSR count). The maximum absolute atomic E-state index is 12.8. The van der Waals surface area contributed by atoms with Gasteiger partial charge in [-0.05, 0) is 36.5 Å². The monoisotopic (exact) mass is 381 g/mol. The highest BCUT2D eigenvalue weighted by atomic mass is 16.5. The molecular formula is C23H27NO4. The van der Waals surface area contributed by atoms with E-state index in [4.69, 9.17) is 4.74 Å². The highest BCUT2D eigenvalue weighted by molar-refractivity contribution is 5.96. The predicted molar refractivity (Wildman–Crippen MR) is 107 cm³/mol. The minimum atomic E-state index is -1.08. The van der Waals surface area contributed by atoms with Gasteiger partial charge in [-0.15, -0.1) is 0 Å². The fraction of sp³-hybridized carbons (Fsp3) is 0.391. The Morgan fingerprint density at radius 1 is 0.964 bits per heavy atom. The van der Waals surface area contributed by atoms with Crippen LogP contribution in [-0.4, -0.2) is 29.1 Å². The molecular weight excluding hydrogens is 354 g/mol. The maximum atomic E-state index is 12.8. The van der Waals surface area contributed by atoms with Crippen LogP contribution in [-0.2, 0) is 16.1 Å². The third kappa shape index (κ3) is 5.42. The molecule has 5 heteroatoms. The number of carbonyl (C=O) groups is 2. The molecule has 0 saturated heterocycles. The molecule has 0 heterocycles. The number of rotatable bonds is 7. The van der Waals surface area contributed by atoms with Crippen molar-refractivity contribution in [2.45, 2.75) is 50.9 Å². The van der Waals surface area contributed by atoms with E-state index in [-0.39, 0.29) is 12.5 Å². The number of ether oxygens (including phenoxy) is 1. The van der Waals surface area contributed by atoms with Gasteiger partial charge in [-0.2, -0.15) is 0 Å². The molecule has 0 bridgehead atoms. The maximum Gasteiger partial charge on any atom is 0.331 e. The molecule has 2 aromatic carbocycles. The molecule has 0 unspecified atom stereocenters. The minimum absolute atomic E-state index is 0.0147. The van der Waals surface area contributed by atoms with Gasteiger partial charge in [-0.3, -0.25) is 4.79 Å². The quantitative estimate of drug-likeness (QED) is 0.720. The van der Waals surface area contributed by atoms with Gasteiger partial charge in [0.2, 0.25) is 0 Å². The van der Waals surface area contributed by atoms with Crippen LogP contribution in [0.4, 0.5) is 0 Å². The van der Waals surface area contributed by atoms with Crippen LogP contribution in [0, 0.1) is 5.92 Å². The molecule has 1 aliphatic carbocycles. The van der Waals surface area contributed by atoms with Crippen LogP contribution >= 0.6 is 0 Å². The molecule has 28 heavy (non-hydrogen) atoms. The first-order chi connectivity index (χ1) is 13.6. The second kappa shape index (κ2) is 10.0. The molecule has 0 aliphatic heterocycles. The molecule has 5 nitrogen and oxygen atoms in total. The minimum Gasteiger partial charge on any atom is -0.459 e. The zero-order chi connectivity index (χ0) is 19.8. The molecule has 2 aromatic rings. The van der Waals surface area contributed by atoms with Gasteiger partial charge in [0.25, 0.3) is 5.91 Å². The summed E-state index contributed by atoms with van der Waals surface area (Å²) in [5.41, 5.74) is 1.30. The lowest BCUT2D eigenvalue weighted by Crippen LogP contribution is -2.52. The summed E-state index contributed by atoms with van der Waals surface area (Å²) >= 11 is 0. The van der Waals surface area contributed by atoms with Crippen molar-refractivity contribution in [1.82, 2.24) is 5.32 Å². The first kappa shape index (κ1) is 20.1. The van der Waals surface area contributed by atoms with E-state index in [9.17, 15) is 14.7 Å². The fourth-order valence-electron chi connectivity index (χ4n) is 3.66. The van der Waals surface area contributed by atoms with Gasteiger partial charge in [0.05, 0.1) is 6.10 Å². The number of hydrogen-bond acceptors (Lipinski definition) is 4. The first-order valence-electron chi connectivity index (χ1n) is 9.89. The van der Waals surface area contributed by atoms with Crippen molar-refractivity contribution in [1.29, 1.82) is 0 Å². The van der Waals surface area contributed by atoms with Crippen molar-refractivity contribution >= 4 is 11.9 Å². The molecule has 1 fully saturated rings. The Bertz CT molecular complexity index is 757. The molecule has 1 aliphatic rings. The molecule has 2 atom stereocenters. The number of aliphatic hydroxyl groups is 1. The number of hydrogen-bond donors (Lipinski definition) is 2. The van der Waals surface area contributed by atoms with Crippen molar-refractivity contribution in [3.63, 3.8) is 0 Å². The van der Waals surface area contributed by atoms with E-state index in [0.29, 0.717) is 5.56 Å². The summed E-state index contributed by atoms with van der Waals surface area (Å²) in [6, 6.07) is 17.0. The van der Waals surface area contributed by atoms with E-state index in [1.54, 1.807) is 24.3 Å². The zero-order valence-corrected chi connectivity index (χ0v) is 15.9. The summed E-state index contributed by atoms with van der Waals surface area (Å²) in [6.07, 6.45) is 3.94. The summed E-state index contributed by atoms with van der Waals surface area (Å²) in [7, 11) is 0. The standard InChI is InChI=1S/C23H27NO4/c25-21(18-12-6-2-7-13-18)20(24-22(26)19-14-8-3-9-15-19)23(27)28-16-17-10-4-1-5-11-17/h1,3-5,8-11,14-15,18,20-21,25H,2,6-7,12-13,16H2,(H,24,26)/t20-,21-/m0/s1. The topological polar surface area (TPSA) is 75.6 Å². The Balaban J connectivity index is 1.70. The number of amides is 1. The molecule has 1 saturated carbocycles. The molecule has 2 N–H and O–H groups in total. The highest BCUT2D eigenvalue weighted by Gasteiger charge is 2.36. The SMILES string of the molecule is O=C(N[C@H](C(=O)OCc1ccccc1)[C@@H](O)C1CCCCC1)c1ccccc1. The summed E-state index contributed by atoms with van der Waals surface area (Å²) in [6.45, 7) is 0.106. The van der Waals surface area contributed by atoms with E-state index in [1.165, 1.54) is 0 Å². The van der Waals surface area contributed by atoms with Crippen molar-refractivity contribution in [2.24, 2.45) is 5.92 Å². The zero-order valence-electron chi connectivity index (χ0n) is 15.9. The second-order valence-electron chi connectivity index (χ2n) is 7.30. The largest absolute Gasteiger partial charge is 0.459 e. The van der Waals surface area contributed by atoms with Gasteiger partial charge in [0.1, 0.15) is 6.61 Å². The van der Waals surface area contributed by atoms with Crippen LogP contribution in [0.1, 0.15) is 48.0 Å². The predicted octanol–water partition coefficient (Wildman–Crippen LogP) is 3.47. The van der Waals surface area contributed by atoms with Crippen LogP contribution in [0.2, 0.25) is 0 Å². The van der Waals surface area contributed by atoms with E-state index in [1.807, 2.05) is 36.4 Å². The van der Waals surface area contributed by atoms with Gasteiger partial charge in [0, 0.05) is 5.56 Å². The normalized spacial score (nSPS) is 16.8. The lowest BCUT2D eigenvalue weighted by molar-refractivity contribution is -0.151. The van der Waals surface area contributed by atoms with Gasteiger partial charge in [-0.25, -0.2) is 4.79 Å². The van der Waals surface area contributed by atoms with Crippen molar-refractivity contribution in [3.05, 3.63) is 71.8 Å². The number of esters is 1. The fourth-order valence-corrected chi connectivity index (χ4v) is 3.66. The average molecular weight is 381 g/mol. The first-order valence-corrected chi connectivity index (χ1v) is 9.89.